The third-order valence-corrected chi connectivity index (χ3v) is 5.58. The first-order valence-electron chi connectivity index (χ1n) is 10.3. The van der Waals surface area contributed by atoms with Crippen LogP contribution in [0.2, 0.25) is 0 Å². The number of aromatic nitrogens is 2. The molecule has 0 fully saturated rings. The molecule has 0 saturated carbocycles. The Morgan fingerprint density at radius 2 is 1.43 bits per heavy atom. The normalized spacial score (nSPS) is 9.80. The van der Waals surface area contributed by atoms with Gasteiger partial charge in [0.05, 0.1) is 10.6 Å². The zero-order valence-corrected chi connectivity index (χ0v) is 21.8. The van der Waals surface area contributed by atoms with Gasteiger partial charge >= 0.3 is 0 Å². The third-order valence-electron chi connectivity index (χ3n) is 4.28. The standard InChI is InChI=1S/C19H17N2O2S.C5H5N.C2H4O2.Pd/c1-14-9-11-16(12-10-14)24(22,23)21-18-8-5-6-15(2)19(18)17-7-3-4-13-20-17;1-2-4-6-5-3-1;1-2(3)4;/h3-13H,1-2H3;1-5H;1H3,(H,3,4);/q-1;;;. The van der Waals surface area contributed by atoms with Crippen LogP contribution in [0.25, 0.3) is 16.0 Å². The molecule has 2 aromatic heterocycles. The van der Waals surface area contributed by atoms with E-state index in [9.17, 15) is 8.42 Å². The van der Waals surface area contributed by atoms with E-state index in [4.69, 9.17) is 9.90 Å². The SMILES string of the molecule is CC(=O)O.Cc1ccc(S(=O)(=O)[N-]c2cccc(C)c2-c2ccccn2)cc1.[Pd].c1ccncc1. The number of hydrogen-bond donors (Lipinski definition) is 1. The van der Waals surface area contributed by atoms with Gasteiger partial charge in [-0.1, -0.05) is 48.0 Å². The Hall–Kier alpha value is -3.38. The fourth-order valence-corrected chi connectivity index (χ4v) is 3.77. The third kappa shape index (κ3) is 10.2. The van der Waals surface area contributed by atoms with Gasteiger partial charge < -0.3 is 9.83 Å². The fourth-order valence-electron chi connectivity index (χ4n) is 2.78. The Morgan fingerprint density at radius 1 is 0.829 bits per heavy atom. The van der Waals surface area contributed by atoms with E-state index in [1.165, 1.54) is 0 Å². The summed E-state index contributed by atoms with van der Waals surface area (Å²) in [7, 11) is -3.78. The van der Waals surface area contributed by atoms with Crippen LogP contribution in [0.15, 0.2) is 102 Å². The van der Waals surface area contributed by atoms with Crippen molar-refractivity contribution >= 4 is 21.7 Å². The quantitative estimate of drug-likeness (QED) is 0.299. The van der Waals surface area contributed by atoms with Gasteiger partial charge in [-0.05, 0) is 61.4 Å². The van der Waals surface area contributed by atoms with Gasteiger partial charge in [0.2, 0.25) is 0 Å². The summed E-state index contributed by atoms with van der Waals surface area (Å²) in [6.45, 7) is 4.91. The predicted octanol–water partition coefficient (Wildman–Crippen LogP) is 5.93. The molecule has 0 aliphatic carbocycles. The second-order valence-electron chi connectivity index (χ2n) is 7.11. The van der Waals surface area contributed by atoms with Gasteiger partial charge in [-0.2, -0.15) is 0 Å². The molecule has 2 heterocycles. The molecule has 35 heavy (non-hydrogen) atoms. The van der Waals surface area contributed by atoms with Crippen molar-refractivity contribution in [2.75, 3.05) is 0 Å². The maximum atomic E-state index is 12.6. The topological polar surface area (TPSA) is 111 Å². The molecule has 0 aliphatic rings. The molecule has 0 spiro atoms. The van der Waals surface area contributed by atoms with E-state index in [2.05, 4.69) is 14.7 Å². The summed E-state index contributed by atoms with van der Waals surface area (Å²) in [5.41, 5.74) is 3.75. The minimum Gasteiger partial charge on any atom is -0.572 e. The molecule has 186 valence electrons. The van der Waals surface area contributed by atoms with Crippen LogP contribution in [0.1, 0.15) is 18.1 Å². The van der Waals surface area contributed by atoms with Gasteiger partial charge in [0.1, 0.15) is 10.0 Å². The van der Waals surface area contributed by atoms with Crippen molar-refractivity contribution in [2.24, 2.45) is 0 Å². The van der Waals surface area contributed by atoms with E-state index < -0.39 is 16.0 Å². The minimum atomic E-state index is -3.78. The van der Waals surface area contributed by atoms with Crippen LogP contribution in [0.5, 0.6) is 0 Å². The Labute approximate surface area is 220 Å². The van der Waals surface area contributed by atoms with E-state index in [-0.39, 0.29) is 25.3 Å². The fraction of sp³-hybridized carbons (Fsp3) is 0.115. The van der Waals surface area contributed by atoms with E-state index in [0.29, 0.717) is 11.4 Å². The van der Waals surface area contributed by atoms with Crippen molar-refractivity contribution in [3.8, 4) is 11.3 Å². The smallest absolute Gasteiger partial charge is 0.300 e. The second kappa shape index (κ2) is 14.8. The van der Waals surface area contributed by atoms with Crippen LogP contribution >= 0.6 is 0 Å². The van der Waals surface area contributed by atoms with Crippen molar-refractivity contribution in [1.29, 1.82) is 0 Å². The Balaban J connectivity index is 0.000000467. The number of benzene rings is 2. The minimum absolute atomic E-state index is 0. The number of carboxylic acids is 1. The molecule has 1 N–H and O–H groups in total. The number of sulfonamides is 1. The van der Waals surface area contributed by atoms with Crippen LogP contribution in [-0.2, 0) is 35.2 Å². The van der Waals surface area contributed by atoms with E-state index in [1.807, 2.05) is 56.3 Å². The van der Waals surface area contributed by atoms with Gasteiger partial charge in [-0.25, -0.2) is 8.42 Å². The summed E-state index contributed by atoms with van der Waals surface area (Å²) in [4.78, 5) is 17.3. The molecule has 0 amide bonds. The number of rotatable bonds is 4. The van der Waals surface area contributed by atoms with E-state index in [0.717, 1.165) is 23.6 Å². The van der Waals surface area contributed by atoms with Crippen molar-refractivity contribution in [2.45, 2.75) is 25.7 Å². The zero-order chi connectivity index (χ0) is 25.0. The number of carbonyl (C=O) groups is 1. The van der Waals surface area contributed by atoms with Crippen LogP contribution in [-0.4, -0.2) is 29.5 Å². The molecule has 4 aromatic rings. The molecular formula is C26H26N3O4PdS-. The summed E-state index contributed by atoms with van der Waals surface area (Å²) in [6.07, 6.45) is 5.18. The van der Waals surface area contributed by atoms with Gasteiger partial charge in [-0.3, -0.25) is 14.8 Å². The average Bonchev–Trinajstić information content (AvgIpc) is 2.81. The molecule has 7 nitrogen and oxygen atoms in total. The molecule has 0 bridgehead atoms. The maximum absolute atomic E-state index is 12.6. The van der Waals surface area contributed by atoms with Crippen molar-refractivity contribution < 1.29 is 38.7 Å². The van der Waals surface area contributed by atoms with E-state index >= 15 is 0 Å². The number of aryl methyl sites for hydroxylation is 2. The second-order valence-corrected chi connectivity index (χ2v) is 8.71. The van der Waals surface area contributed by atoms with Crippen molar-refractivity contribution in [3.05, 3.63) is 113 Å². The Bertz CT molecular complexity index is 1250. The molecule has 2 aromatic carbocycles. The number of nitrogens with zero attached hydrogens (tertiary/aromatic N) is 3. The molecule has 0 saturated heterocycles. The number of carboxylic acid groups (broad SMARTS) is 1. The summed E-state index contributed by atoms with van der Waals surface area (Å²) < 4.78 is 29.3. The zero-order valence-electron chi connectivity index (χ0n) is 19.5. The van der Waals surface area contributed by atoms with Crippen LogP contribution < -0.4 is 0 Å². The monoisotopic (exact) mass is 582 g/mol. The Kier molecular flexibility index (Phi) is 12.5. The summed E-state index contributed by atoms with van der Waals surface area (Å²) in [6, 6.07) is 23.3. The Morgan fingerprint density at radius 3 is 1.91 bits per heavy atom. The van der Waals surface area contributed by atoms with Crippen LogP contribution in [0.4, 0.5) is 5.69 Å². The molecule has 0 atom stereocenters. The number of aliphatic carboxylic acids is 1. The molecule has 0 aliphatic heterocycles. The first-order valence-corrected chi connectivity index (χ1v) is 11.7. The van der Waals surface area contributed by atoms with Crippen LogP contribution in [0, 0.1) is 13.8 Å². The number of hydrogen-bond acceptors (Lipinski definition) is 5. The van der Waals surface area contributed by atoms with Crippen molar-refractivity contribution in [3.63, 3.8) is 0 Å². The first-order chi connectivity index (χ1) is 16.2. The first kappa shape index (κ1) is 29.7. The van der Waals surface area contributed by atoms with Gasteiger partial charge in [-0.15, -0.1) is 5.69 Å². The summed E-state index contributed by atoms with van der Waals surface area (Å²) in [5, 5.41) is 7.42. The van der Waals surface area contributed by atoms with Gasteiger partial charge in [0.25, 0.3) is 5.97 Å². The van der Waals surface area contributed by atoms with E-state index in [1.54, 1.807) is 55.0 Å². The van der Waals surface area contributed by atoms with Gasteiger partial charge in [0, 0.05) is 45.9 Å². The number of pyridine rings is 2. The average molecular weight is 583 g/mol. The molecule has 0 unspecified atom stereocenters. The molecular weight excluding hydrogens is 557 g/mol. The molecule has 0 radical (unpaired) electrons. The predicted molar refractivity (Wildman–Crippen MR) is 133 cm³/mol. The van der Waals surface area contributed by atoms with Crippen molar-refractivity contribution in [1.82, 2.24) is 9.97 Å². The summed E-state index contributed by atoms with van der Waals surface area (Å²) >= 11 is 0. The summed E-state index contributed by atoms with van der Waals surface area (Å²) in [5.74, 6) is -0.833. The van der Waals surface area contributed by atoms with Crippen LogP contribution in [0.3, 0.4) is 0 Å². The maximum Gasteiger partial charge on any atom is 0.300 e. The molecule has 9 heteroatoms. The largest absolute Gasteiger partial charge is 0.572 e. The molecule has 4 rings (SSSR count). The van der Waals surface area contributed by atoms with Gasteiger partial charge in [0.15, 0.2) is 0 Å².